The molecule has 112 valence electrons. The topological polar surface area (TPSA) is 12.0 Å². The molecule has 20 heavy (non-hydrogen) atoms. The van der Waals surface area contributed by atoms with Crippen molar-refractivity contribution in [1.82, 2.24) is 5.32 Å². The van der Waals surface area contributed by atoms with E-state index in [9.17, 15) is 8.78 Å². The highest BCUT2D eigenvalue weighted by Gasteiger charge is 2.28. The third kappa shape index (κ3) is 3.78. The molecule has 0 saturated heterocycles. The van der Waals surface area contributed by atoms with Gasteiger partial charge in [-0.1, -0.05) is 38.7 Å². The normalized spacial score (nSPS) is 18.8. The highest BCUT2D eigenvalue weighted by Crippen LogP contribution is 2.35. The maximum Gasteiger partial charge on any atom is 0.130 e. The van der Waals surface area contributed by atoms with Crippen LogP contribution in [-0.4, -0.2) is 6.54 Å². The Balaban J connectivity index is 2.25. The lowest BCUT2D eigenvalue weighted by atomic mass is 9.86. The average molecular weight is 281 g/mol. The second kappa shape index (κ2) is 7.72. The Bertz CT molecular complexity index is 391. The molecule has 3 heteroatoms. The lowest BCUT2D eigenvalue weighted by Gasteiger charge is -2.28. The zero-order valence-corrected chi connectivity index (χ0v) is 12.3. The Labute approximate surface area is 120 Å². The molecular weight excluding hydrogens is 256 g/mol. The Morgan fingerprint density at radius 3 is 2.25 bits per heavy atom. The van der Waals surface area contributed by atoms with Gasteiger partial charge in [-0.2, -0.15) is 0 Å². The van der Waals surface area contributed by atoms with Gasteiger partial charge in [0.15, 0.2) is 0 Å². The second-order valence-corrected chi connectivity index (χ2v) is 5.82. The minimum atomic E-state index is -0.414. The fraction of sp³-hybridized carbons (Fsp3) is 0.647. The molecule has 0 radical (unpaired) electrons. The van der Waals surface area contributed by atoms with E-state index in [0.29, 0.717) is 5.92 Å². The highest BCUT2D eigenvalue weighted by atomic mass is 19.1. The molecular formula is C17H25F2N. The summed E-state index contributed by atoms with van der Waals surface area (Å²) in [7, 11) is 0. The Kier molecular flexibility index (Phi) is 5.96. The zero-order chi connectivity index (χ0) is 14.4. The monoisotopic (exact) mass is 281 g/mol. The predicted molar refractivity (Wildman–Crippen MR) is 78.6 cm³/mol. The first-order chi connectivity index (χ1) is 9.74. The van der Waals surface area contributed by atoms with Crippen LogP contribution in [0.15, 0.2) is 18.2 Å². The fourth-order valence-electron chi connectivity index (χ4n) is 3.26. The first kappa shape index (κ1) is 15.4. The molecule has 0 heterocycles. The molecule has 1 N–H and O–H groups in total. The summed E-state index contributed by atoms with van der Waals surface area (Å²) in [6.45, 7) is 2.88. The quantitative estimate of drug-likeness (QED) is 0.751. The maximum absolute atomic E-state index is 14.1. The SMILES string of the molecule is CCCNC(c1c(F)cccc1F)C1CCCCCC1. The van der Waals surface area contributed by atoms with E-state index in [4.69, 9.17) is 0 Å². The molecule has 0 aromatic heterocycles. The molecule has 0 bridgehead atoms. The number of nitrogens with one attached hydrogen (secondary N) is 1. The van der Waals surface area contributed by atoms with Gasteiger partial charge in [-0.05, 0) is 43.9 Å². The van der Waals surface area contributed by atoms with Crippen molar-refractivity contribution in [3.8, 4) is 0 Å². The van der Waals surface area contributed by atoms with E-state index in [2.05, 4.69) is 12.2 Å². The zero-order valence-electron chi connectivity index (χ0n) is 12.3. The number of rotatable bonds is 5. The van der Waals surface area contributed by atoms with E-state index in [1.165, 1.54) is 43.9 Å². The van der Waals surface area contributed by atoms with Gasteiger partial charge in [-0.25, -0.2) is 8.78 Å². The van der Waals surface area contributed by atoms with E-state index in [1.54, 1.807) is 0 Å². The summed E-state index contributed by atoms with van der Waals surface area (Å²) in [6.07, 6.45) is 7.94. The molecule has 1 atom stereocenters. The Morgan fingerprint density at radius 2 is 1.70 bits per heavy atom. The van der Waals surface area contributed by atoms with Crippen LogP contribution in [0.3, 0.4) is 0 Å². The van der Waals surface area contributed by atoms with Crippen molar-refractivity contribution in [3.63, 3.8) is 0 Å². The number of halogens is 2. The first-order valence-electron chi connectivity index (χ1n) is 7.91. The van der Waals surface area contributed by atoms with Crippen LogP contribution in [0.25, 0.3) is 0 Å². The fourth-order valence-corrected chi connectivity index (χ4v) is 3.26. The van der Waals surface area contributed by atoms with Gasteiger partial charge in [0.2, 0.25) is 0 Å². The van der Waals surface area contributed by atoms with Crippen LogP contribution in [0.4, 0.5) is 8.78 Å². The maximum atomic E-state index is 14.1. The lowest BCUT2D eigenvalue weighted by Crippen LogP contribution is -2.30. The number of hydrogen-bond donors (Lipinski definition) is 1. The van der Waals surface area contributed by atoms with E-state index < -0.39 is 11.6 Å². The van der Waals surface area contributed by atoms with Crippen LogP contribution in [0.1, 0.15) is 63.5 Å². The van der Waals surface area contributed by atoms with Gasteiger partial charge in [0.25, 0.3) is 0 Å². The smallest absolute Gasteiger partial charge is 0.130 e. The molecule has 1 aliphatic rings. The average Bonchev–Trinajstić information content (AvgIpc) is 2.71. The standard InChI is InChI=1S/C17H25F2N/c1-2-12-20-17(13-8-5-3-4-6-9-13)16-14(18)10-7-11-15(16)19/h7,10-11,13,17,20H,2-6,8-9,12H2,1H3. The predicted octanol–water partition coefficient (Wildman–Crippen LogP) is 4.98. The van der Waals surface area contributed by atoms with Crippen molar-refractivity contribution >= 4 is 0 Å². The van der Waals surface area contributed by atoms with Crippen molar-refractivity contribution in [1.29, 1.82) is 0 Å². The highest BCUT2D eigenvalue weighted by molar-refractivity contribution is 5.24. The van der Waals surface area contributed by atoms with Crippen LogP contribution >= 0.6 is 0 Å². The van der Waals surface area contributed by atoms with Crippen molar-refractivity contribution in [3.05, 3.63) is 35.4 Å². The summed E-state index contributed by atoms with van der Waals surface area (Å²) in [5, 5.41) is 3.38. The van der Waals surface area contributed by atoms with Gasteiger partial charge >= 0.3 is 0 Å². The molecule has 2 rings (SSSR count). The summed E-state index contributed by atoms with van der Waals surface area (Å²) in [6, 6.07) is 4.00. The molecule has 0 spiro atoms. The van der Waals surface area contributed by atoms with Gasteiger partial charge in [0.1, 0.15) is 11.6 Å². The van der Waals surface area contributed by atoms with Crippen molar-refractivity contribution < 1.29 is 8.78 Å². The summed E-state index contributed by atoms with van der Waals surface area (Å²) < 4.78 is 28.2. The molecule has 0 amide bonds. The second-order valence-electron chi connectivity index (χ2n) is 5.82. The van der Waals surface area contributed by atoms with E-state index in [-0.39, 0.29) is 11.6 Å². The van der Waals surface area contributed by atoms with E-state index in [0.717, 1.165) is 25.8 Å². The summed E-state index contributed by atoms with van der Waals surface area (Å²) in [5.74, 6) is -0.485. The number of benzene rings is 1. The lowest BCUT2D eigenvalue weighted by molar-refractivity contribution is 0.309. The van der Waals surface area contributed by atoms with Crippen molar-refractivity contribution in [2.45, 2.75) is 57.9 Å². The Morgan fingerprint density at radius 1 is 1.10 bits per heavy atom. The molecule has 1 nitrogen and oxygen atoms in total. The third-order valence-corrected chi connectivity index (χ3v) is 4.30. The molecule has 1 aromatic rings. The molecule has 1 aliphatic carbocycles. The van der Waals surface area contributed by atoms with Crippen molar-refractivity contribution in [2.75, 3.05) is 6.54 Å². The number of hydrogen-bond acceptors (Lipinski definition) is 1. The largest absolute Gasteiger partial charge is 0.310 e. The van der Waals surface area contributed by atoms with Crippen LogP contribution in [-0.2, 0) is 0 Å². The first-order valence-corrected chi connectivity index (χ1v) is 7.91. The van der Waals surface area contributed by atoms with Crippen LogP contribution < -0.4 is 5.32 Å². The molecule has 1 unspecified atom stereocenters. The molecule has 0 aliphatic heterocycles. The molecule has 1 saturated carbocycles. The van der Waals surface area contributed by atoms with Gasteiger partial charge in [0.05, 0.1) is 0 Å². The summed E-state index contributed by atoms with van der Waals surface area (Å²) in [5.41, 5.74) is 0.243. The third-order valence-electron chi connectivity index (χ3n) is 4.30. The van der Waals surface area contributed by atoms with Crippen LogP contribution in [0.2, 0.25) is 0 Å². The van der Waals surface area contributed by atoms with E-state index >= 15 is 0 Å². The van der Waals surface area contributed by atoms with Gasteiger partial charge in [-0.15, -0.1) is 0 Å². The Hall–Kier alpha value is -0.960. The molecule has 1 fully saturated rings. The van der Waals surface area contributed by atoms with Gasteiger partial charge in [-0.3, -0.25) is 0 Å². The van der Waals surface area contributed by atoms with Crippen molar-refractivity contribution in [2.24, 2.45) is 5.92 Å². The van der Waals surface area contributed by atoms with Crippen LogP contribution in [0.5, 0.6) is 0 Å². The van der Waals surface area contributed by atoms with Crippen LogP contribution in [0, 0.1) is 17.6 Å². The van der Waals surface area contributed by atoms with Gasteiger partial charge < -0.3 is 5.32 Å². The van der Waals surface area contributed by atoms with Gasteiger partial charge in [0, 0.05) is 11.6 Å². The molecule has 1 aromatic carbocycles. The summed E-state index contributed by atoms with van der Waals surface area (Å²) >= 11 is 0. The minimum Gasteiger partial charge on any atom is -0.310 e. The minimum absolute atomic E-state index is 0.186. The van der Waals surface area contributed by atoms with E-state index in [1.807, 2.05) is 0 Å². The summed E-state index contributed by atoms with van der Waals surface area (Å²) in [4.78, 5) is 0.